The summed E-state index contributed by atoms with van der Waals surface area (Å²) in [6, 6.07) is 42.0. The Hall–Kier alpha value is -6.65. The van der Waals surface area contributed by atoms with Crippen LogP contribution >= 0.6 is 0 Å². The molecule has 0 aliphatic carbocycles. The summed E-state index contributed by atoms with van der Waals surface area (Å²) in [6.07, 6.45) is 30.7. The van der Waals surface area contributed by atoms with E-state index in [4.69, 9.17) is 0 Å². The van der Waals surface area contributed by atoms with Gasteiger partial charge in [-0.15, -0.1) is 0 Å². The molecule has 5 aromatic carbocycles. The molecule has 5 fully saturated rings. The van der Waals surface area contributed by atoms with Gasteiger partial charge in [-0.1, -0.05) is 126 Å². The summed E-state index contributed by atoms with van der Waals surface area (Å²) in [5.74, 6) is 1.30. The van der Waals surface area contributed by atoms with Crippen molar-refractivity contribution in [2.75, 3.05) is 77.1 Å². The summed E-state index contributed by atoms with van der Waals surface area (Å²) in [6.45, 7) is 15.0. The predicted molar refractivity (Wildman–Crippen MR) is 430 cm³/mol. The summed E-state index contributed by atoms with van der Waals surface area (Å²) < 4.78 is 126. The largest absolute Gasteiger partial charge is 0.361 e. The smallest absolute Gasteiger partial charge is 0.211 e. The third-order valence-corrected chi connectivity index (χ3v) is 30.4. The van der Waals surface area contributed by atoms with Crippen molar-refractivity contribution in [1.29, 1.82) is 0 Å². The van der Waals surface area contributed by atoms with Gasteiger partial charge in [0.25, 0.3) is 0 Å². The van der Waals surface area contributed by atoms with Crippen LogP contribution < -0.4 is 0 Å². The Labute approximate surface area is 623 Å². The van der Waals surface area contributed by atoms with E-state index in [9.17, 15) is 42.1 Å². The van der Waals surface area contributed by atoms with Gasteiger partial charge in [0.2, 0.25) is 50.1 Å². The minimum absolute atomic E-state index is 0.0841. The maximum Gasteiger partial charge on any atom is 0.211 e. The van der Waals surface area contributed by atoms with Crippen LogP contribution in [0.1, 0.15) is 177 Å². The highest BCUT2D eigenvalue weighted by Crippen LogP contribution is 2.45. The van der Waals surface area contributed by atoms with Crippen molar-refractivity contribution in [3.05, 3.63) is 180 Å². The number of sulfonamides is 5. The monoisotopic (exact) mass is 1530 g/mol. The Morgan fingerprint density at radius 2 is 0.562 bits per heavy atom. The fourth-order valence-electron chi connectivity index (χ4n) is 17.8. The molecule has 5 aromatic heterocycles. The Morgan fingerprint density at radius 3 is 0.800 bits per heavy atom. The van der Waals surface area contributed by atoms with Crippen molar-refractivity contribution in [3.8, 4) is 0 Å². The van der Waals surface area contributed by atoms with E-state index in [1.54, 1.807) is 21.5 Å². The molecule has 5 saturated heterocycles. The van der Waals surface area contributed by atoms with Gasteiger partial charge in [0, 0.05) is 149 Å². The lowest BCUT2D eigenvalue weighted by Crippen LogP contribution is -2.44. The van der Waals surface area contributed by atoms with Crippen molar-refractivity contribution in [3.63, 3.8) is 0 Å². The summed E-state index contributed by atoms with van der Waals surface area (Å²) in [5.41, 5.74) is 12.6. The molecular formula is C80H110N10O10S5. The molecule has 570 valence electrons. The van der Waals surface area contributed by atoms with E-state index in [0.29, 0.717) is 63.6 Å². The lowest BCUT2D eigenvalue weighted by molar-refractivity contribution is 0.227. The van der Waals surface area contributed by atoms with Crippen LogP contribution in [0.2, 0.25) is 0 Å². The summed E-state index contributed by atoms with van der Waals surface area (Å²) in [4.78, 5) is 16.7. The second kappa shape index (κ2) is 33.1. The van der Waals surface area contributed by atoms with Crippen molar-refractivity contribution < 1.29 is 42.1 Å². The number of rotatable bonds is 15. The molecule has 0 bridgehead atoms. The molecule has 5 aliphatic rings. The number of hydrogen-bond donors (Lipinski definition) is 5. The quantitative estimate of drug-likeness (QED) is 0.0648. The normalized spacial score (nSPS) is 22.6. The zero-order chi connectivity index (χ0) is 75.3. The van der Waals surface area contributed by atoms with Crippen LogP contribution in [0, 0.1) is 0 Å². The molecule has 25 heteroatoms. The van der Waals surface area contributed by atoms with Crippen LogP contribution in [0.3, 0.4) is 0 Å². The molecule has 10 heterocycles. The second-order valence-electron chi connectivity index (χ2n) is 29.9. The van der Waals surface area contributed by atoms with Gasteiger partial charge in [-0.25, -0.2) is 50.7 Å². The molecule has 105 heavy (non-hydrogen) atoms. The van der Waals surface area contributed by atoms with E-state index >= 15 is 0 Å². The number of H-pyrrole nitrogens is 5. The molecule has 0 saturated carbocycles. The van der Waals surface area contributed by atoms with Crippen LogP contribution in [0.15, 0.2) is 152 Å². The van der Waals surface area contributed by atoms with E-state index in [0.717, 1.165) is 124 Å². The highest BCUT2D eigenvalue weighted by Gasteiger charge is 2.42. The first-order chi connectivity index (χ1) is 49.9. The first-order valence-corrected chi connectivity index (χ1v) is 46.8. The maximum atomic E-state index is 11.9. The minimum atomic E-state index is -3.10. The van der Waals surface area contributed by atoms with E-state index in [1.165, 1.54) is 86.0 Å². The Bertz CT molecular complexity index is 4750. The molecular weight excluding hydrogens is 1420 g/mol. The predicted octanol–water partition coefficient (Wildman–Crippen LogP) is 15.0. The number of piperidine rings is 5. The maximum absolute atomic E-state index is 11.9. The van der Waals surface area contributed by atoms with Gasteiger partial charge in [0.1, 0.15) is 0 Å². The number of aromatic amines is 5. The molecule has 15 rings (SSSR count). The molecule has 0 amide bonds. The van der Waals surface area contributed by atoms with Gasteiger partial charge in [0.15, 0.2) is 0 Å². The van der Waals surface area contributed by atoms with Crippen LogP contribution in [0.4, 0.5) is 0 Å². The molecule has 0 radical (unpaired) electrons. The average Bonchev–Trinajstić information content (AvgIpc) is 1.63. The van der Waals surface area contributed by atoms with Crippen molar-refractivity contribution in [2.45, 2.75) is 178 Å². The fraction of sp³-hybridized carbons (Fsp3) is 0.500. The lowest BCUT2D eigenvalue weighted by Gasteiger charge is -2.40. The van der Waals surface area contributed by atoms with Crippen LogP contribution in [0.5, 0.6) is 0 Å². The third-order valence-electron chi connectivity index (χ3n) is 23.8. The SMILES string of the molecule is CCC1(c2c[nH]c3ccccc23)CCN(S(C)(=O)=O)CC1.CCC1(c2c[nH]c3ccccc23)CCN(S(C)(=O)=O)CC1.CCC1CC(c2c[nH]c3ccccc23)CCN1S(C)(=O)=O.CCC1CC(c2c[nH]c3ccccc23)CCN1S(C)(=O)=O.CCC1CC(c2c[nH]c3ccccc23)CCN1S(C)(=O)=O. The van der Waals surface area contributed by atoms with Gasteiger partial charge < -0.3 is 24.9 Å². The number of hydrogen-bond acceptors (Lipinski definition) is 10. The Kier molecular flexibility index (Phi) is 25.0. The van der Waals surface area contributed by atoms with Crippen molar-refractivity contribution >= 4 is 105 Å². The number of nitrogens with one attached hydrogen (secondary N) is 5. The van der Waals surface area contributed by atoms with Gasteiger partial charge >= 0.3 is 0 Å². The summed E-state index contributed by atoms with van der Waals surface area (Å²) >= 11 is 0. The van der Waals surface area contributed by atoms with E-state index in [2.05, 4.69) is 182 Å². The Morgan fingerprint density at radius 1 is 0.324 bits per heavy atom. The standard InChI is InChI=1S/5C16H22N2O2S/c2*1-3-16(8-10-18(11-9-16)21(2,19)20)14-12-17-15-7-5-4-6-13(14)15;3*1-3-13-10-12(8-9-18(13)21(2,19)20)15-11-17-16-7-5-4-6-14(15)16/h2*4-7,12,17H,3,8-11H2,1-2H3;3*4-7,11-13,17H,3,8-10H2,1-2H3. The van der Waals surface area contributed by atoms with Crippen LogP contribution in [0.25, 0.3) is 54.5 Å². The van der Waals surface area contributed by atoms with Crippen LogP contribution in [-0.4, -0.2) is 184 Å². The summed E-state index contributed by atoms with van der Waals surface area (Å²) in [7, 11) is -15.4. The second-order valence-corrected chi connectivity index (χ2v) is 39.7. The zero-order valence-corrected chi connectivity index (χ0v) is 66.9. The van der Waals surface area contributed by atoms with Gasteiger partial charge in [-0.2, -0.15) is 12.9 Å². The van der Waals surface area contributed by atoms with Gasteiger partial charge in [0.05, 0.1) is 31.3 Å². The first kappa shape index (κ1) is 79.4. The molecule has 10 aromatic rings. The number of benzene rings is 5. The fourth-order valence-corrected chi connectivity index (χ4v) is 23.1. The number of fused-ring (bicyclic) bond motifs is 5. The van der Waals surface area contributed by atoms with E-state index in [1.807, 2.05) is 30.3 Å². The summed E-state index contributed by atoms with van der Waals surface area (Å²) in [5, 5.41) is 6.35. The van der Waals surface area contributed by atoms with Crippen molar-refractivity contribution in [1.82, 2.24) is 46.4 Å². The van der Waals surface area contributed by atoms with Gasteiger partial charge in [-0.05, 0) is 183 Å². The van der Waals surface area contributed by atoms with E-state index in [-0.39, 0.29) is 29.0 Å². The average molecular weight is 1530 g/mol. The minimum Gasteiger partial charge on any atom is -0.361 e. The lowest BCUT2D eigenvalue weighted by atomic mass is 9.71. The topological polar surface area (TPSA) is 266 Å². The van der Waals surface area contributed by atoms with E-state index < -0.39 is 50.1 Å². The van der Waals surface area contributed by atoms with Gasteiger partial charge in [-0.3, -0.25) is 0 Å². The third kappa shape index (κ3) is 17.9. The molecule has 0 spiro atoms. The molecule has 6 atom stereocenters. The number of aromatic nitrogens is 5. The highest BCUT2D eigenvalue weighted by atomic mass is 32.2. The zero-order valence-electron chi connectivity index (χ0n) is 62.8. The number of para-hydroxylation sites is 5. The first-order valence-electron chi connectivity index (χ1n) is 37.6. The molecule has 5 N–H and O–H groups in total. The molecule has 20 nitrogen and oxygen atoms in total. The molecule has 5 aliphatic heterocycles. The van der Waals surface area contributed by atoms with Crippen molar-refractivity contribution in [2.24, 2.45) is 0 Å². The highest BCUT2D eigenvalue weighted by molar-refractivity contribution is 7.89. The molecule has 6 unspecified atom stereocenters. The Balaban J connectivity index is 0.000000131. The van der Waals surface area contributed by atoms with Crippen LogP contribution in [-0.2, 0) is 60.9 Å². The number of nitrogens with zero attached hydrogens (tertiary/aromatic N) is 5.